The van der Waals surface area contributed by atoms with E-state index in [1.54, 1.807) is 6.07 Å². The third kappa shape index (κ3) is 2.93. The first kappa shape index (κ1) is 14.0. The van der Waals surface area contributed by atoms with Crippen molar-refractivity contribution < 1.29 is 13.5 Å². The second-order valence-electron chi connectivity index (χ2n) is 4.96. The number of hydrogen-bond donors (Lipinski definition) is 2. The summed E-state index contributed by atoms with van der Waals surface area (Å²) >= 11 is 1.25. The van der Waals surface area contributed by atoms with Gasteiger partial charge in [0.2, 0.25) is 10.0 Å². The fourth-order valence-corrected chi connectivity index (χ4v) is 4.91. The van der Waals surface area contributed by atoms with Crippen LogP contribution in [0, 0.1) is 12.8 Å². The maximum absolute atomic E-state index is 12.2. The Morgan fingerprint density at radius 2 is 2.22 bits per heavy atom. The molecule has 0 spiro atoms. The van der Waals surface area contributed by atoms with E-state index in [4.69, 9.17) is 0 Å². The summed E-state index contributed by atoms with van der Waals surface area (Å²) in [6.07, 6.45) is 1.90. The van der Waals surface area contributed by atoms with Crippen molar-refractivity contribution >= 4 is 21.4 Å². The van der Waals surface area contributed by atoms with Gasteiger partial charge in [-0.3, -0.25) is 0 Å². The third-order valence-electron chi connectivity index (χ3n) is 3.44. The number of aliphatic hydroxyl groups is 1. The molecule has 2 rings (SSSR count). The molecule has 4 nitrogen and oxygen atoms in total. The predicted molar refractivity (Wildman–Crippen MR) is 72.2 cm³/mol. The maximum Gasteiger partial charge on any atom is 0.250 e. The summed E-state index contributed by atoms with van der Waals surface area (Å²) in [6, 6.07) is 1.62. The first-order valence-corrected chi connectivity index (χ1v) is 8.54. The molecule has 1 aliphatic carbocycles. The monoisotopic (exact) mass is 289 g/mol. The lowest BCUT2D eigenvalue weighted by Gasteiger charge is -2.37. The number of hydrogen-bond acceptors (Lipinski definition) is 4. The number of nitrogens with one attached hydrogen (secondary N) is 1. The standard InChI is InChI=1S/C12H19NO3S2/c1-3-11(9-5-10(14)6-9)13-18(15,16)12-4-8(2)7-17-12/h4,7,9-11,13-14H,3,5-6H2,1-2H3/t9?,10?,11-/m1/s1. The van der Waals surface area contributed by atoms with E-state index in [1.807, 2.05) is 19.2 Å². The van der Waals surface area contributed by atoms with Crippen molar-refractivity contribution in [3.05, 3.63) is 17.0 Å². The molecule has 0 radical (unpaired) electrons. The van der Waals surface area contributed by atoms with Crippen LogP contribution in [0.15, 0.2) is 15.7 Å². The minimum absolute atomic E-state index is 0.0687. The lowest BCUT2D eigenvalue weighted by atomic mass is 9.77. The van der Waals surface area contributed by atoms with Crippen LogP contribution in [-0.4, -0.2) is 25.7 Å². The number of sulfonamides is 1. The topological polar surface area (TPSA) is 66.4 Å². The summed E-state index contributed by atoms with van der Waals surface area (Å²) in [6.45, 7) is 3.85. The van der Waals surface area contributed by atoms with Crippen LogP contribution < -0.4 is 4.72 Å². The lowest BCUT2D eigenvalue weighted by molar-refractivity contribution is 0.0277. The van der Waals surface area contributed by atoms with Crippen LogP contribution in [0.4, 0.5) is 0 Å². The Hall–Kier alpha value is -0.430. The highest BCUT2D eigenvalue weighted by Gasteiger charge is 2.35. The van der Waals surface area contributed by atoms with Crippen LogP contribution >= 0.6 is 11.3 Å². The zero-order chi connectivity index (χ0) is 13.3. The number of aryl methyl sites for hydroxylation is 1. The molecule has 1 aromatic rings. The molecule has 0 aliphatic heterocycles. The average molecular weight is 289 g/mol. The van der Waals surface area contributed by atoms with E-state index in [0.29, 0.717) is 17.1 Å². The first-order valence-electron chi connectivity index (χ1n) is 6.18. The molecule has 1 aromatic heterocycles. The van der Waals surface area contributed by atoms with Gasteiger partial charge in [0.1, 0.15) is 4.21 Å². The molecule has 0 saturated heterocycles. The normalized spacial score (nSPS) is 25.7. The lowest BCUT2D eigenvalue weighted by Crippen LogP contribution is -2.46. The molecule has 1 saturated carbocycles. The highest BCUT2D eigenvalue weighted by Crippen LogP contribution is 2.32. The van der Waals surface area contributed by atoms with E-state index < -0.39 is 10.0 Å². The van der Waals surface area contributed by atoms with Crippen LogP contribution in [0.1, 0.15) is 31.7 Å². The summed E-state index contributed by atoms with van der Waals surface area (Å²) in [5.74, 6) is 0.265. The Morgan fingerprint density at radius 1 is 1.56 bits per heavy atom. The maximum atomic E-state index is 12.2. The predicted octanol–water partition coefficient (Wildman–Crippen LogP) is 1.88. The van der Waals surface area contributed by atoms with Crippen molar-refractivity contribution in [3.8, 4) is 0 Å². The van der Waals surface area contributed by atoms with E-state index in [-0.39, 0.29) is 18.1 Å². The van der Waals surface area contributed by atoms with E-state index in [0.717, 1.165) is 12.0 Å². The molecule has 2 N–H and O–H groups in total. The highest BCUT2D eigenvalue weighted by atomic mass is 32.2. The molecule has 102 valence electrons. The Bertz CT molecular complexity index is 503. The van der Waals surface area contributed by atoms with Gasteiger partial charge in [-0.15, -0.1) is 11.3 Å². The molecular weight excluding hydrogens is 270 g/mol. The second-order valence-corrected chi connectivity index (χ2v) is 7.82. The van der Waals surface area contributed by atoms with Gasteiger partial charge < -0.3 is 5.11 Å². The van der Waals surface area contributed by atoms with Crippen LogP contribution in [0.5, 0.6) is 0 Å². The van der Waals surface area contributed by atoms with Crippen molar-refractivity contribution in [2.24, 2.45) is 5.92 Å². The van der Waals surface area contributed by atoms with Crippen molar-refractivity contribution in [1.29, 1.82) is 0 Å². The second kappa shape index (κ2) is 5.28. The quantitative estimate of drug-likeness (QED) is 0.870. The Labute approximate surface area is 112 Å². The zero-order valence-corrected chi connectivity index (χ0v) is 12.2. The van der Waals surface area contributed by atoms with Gasteiger partial charge in [0.25, 0.3) is 0 Å². The van der Waals surface area contributed by atoms with Crippen molar-refractivity contribution in [3.63, 3.8) is 0 Å². The Kier molecular flexibility index (Phi) is 4.11. The summed E-state index contributed by atoms with van der Waals surface area (Å²) in [4.78, 5) is 0. The van der Waals surface area contributed by atoms with Gasteiger partial charge in [0.05, 0.1) is 6.10 Å². The van der Waals surface area contributed by atoms with Gasteiger partial charge in [-0.2, -0.15) is 0 Å². The van der Waals surface area contributed by atoms with Crippen molar-refractivity contribution in [2.45, 2.75) is 49.5 Å². The van der Waals surface area contributed by atoms with Crippen molar-refractivity contribution in [2.75, 3.05) is 0 Å². The third-order valence-corrected chi connectivity index (χ3v) is 6.48. The minimum atomic E-state index is -3.40. The molecule has 0 bridgehead atoms. The number of rotatable bonds is 5. The van der Waals surface area contributed by atoms with Crippen LogP contribution in [0.2, 0.25) is 0 Å². The number of thiophene rings is 1. The summed E-state index contributed by atoms with van der Waals surface area (Å²) in [7, 11) is -3.40. The molecule has 0 amide bonds. The van der Waals surface area contributed by atoms with Gasteiger partial charge >= 0.3 is 0 Å². The van der Waals surface area contributed by atoms with E-state index in [1.165, 1.54) is 11.3 Å². The number of aliphatic hydroxyl groups excluding tert-OH is 1. The first-order chi connectivity index (χ1) is 8.42. The molecular formula is C12H19NO3S2. The molecule has 0 unspecified atom stereocenters. The molecule has 1 heterocycles. The largest absolute Gasteiger partial charge is 0.393 e. The van der Waals surface area contributed by atoms with Gasteiger partial charge in [0.15, 0.2) is 0 Å². The van der Waals surface area contributed by atoms with Gasteiger partial charge in [-0.1, -0.05) is 6.92 Å². The van der Waals surface area contributed by atoms with E-state index in [9.17, 15) is 13.5 Å². The molecule has 1 aliphatic rings. The minimum Gasteiger partial charge on any atom is -0.393 e. The van der Waals surface area contributed by atoms with Crippen LogP contribution in [-0.2, 0) is 10.0 Å². The zero-order valence-electron chi connectivity index (χ0n) is 10.6. The van der Waals surface area contributed by atoms with Gasteiger partial charge in [-0.05, 0) is 49.1 Å². The smallest absolute Gasteiger partial charge is 0.250 e. The highest BCUT2D eigenvalue weighted by molar-refractivity contribution is 7.91. The molecule has 6 heteroatoms. The molecule has 1 fully saturated rings. The van der Waals surface area contributed by atoms with Crippen LogP contribution in [0.25, 0.3) is 0 Å². The SMILES string of the molecule is CC[C@@H](NS(=O)(=O)c1cc(C)cs1)C1CC(O)C1. The van der Waals surface area contributed by atoms with Gasteiger partial charge in [0, 0.05) is 6.04 Å². The van der Waals surface area contributed by atoms with E-state index in [2.05, 4.69) is 4.72 Å². The Morgan fingerprint density at radius 3 is 2.67 bits per heavy atom. The average Bonchev–Trinajstić information content (AvgIpc) is 2.69. The summed E-state index contributed by atoms with van der Waals surface area (Å²) in [5.41, 5.74) is 0.965. The summed E-state index contributed by atoms with van der Waals surface area (Å²) in [5, 5.41) is 11.1. The van der Waals surface area contributed by atoms with E-state index >= 15 is 0 Å². The fraction of sp³-hybridized carbons (Fsp3) is 0.667. The summed E-state index contributed by atoms with van der Waals surface area (Å²) < 4.78 is 27.5. The Balaban J connectivity index is 2.07. The molecule has 1 atom stereocenters. The molecule has 18 heavy (non-hydrogen) atoms. The fourth-order valence-electron chi connectivity index (χ4n) is 2.27. The van der Waals surface area contributed by atoms with Crippen LogP contribution in [0.3, 0.4) is 0 Å². The molecule has 0 aromatic carbocycles. The van der Waals surface area contributed by atoms with Crippen molar-refractivity contribution in [1.82, 2.24) is 4.72 Å². The van der Waals surface area contributed by atoms with Gasteiger partial charge in [-0.25, -0.2) is 13.1 Å².